The van der Waals surface area contributed by atoms with Crippen LogP contribution in [0.2, 0.25) is 0 Å². The Hall–Kier alpha value is -3.68. The first-order chi connectivity index (χ1) is 14.3. The molecule has 0 saturated carbocycles. The number of hydrogen-bond donors (Lipinski definition) is 0. The third-order valence-corrected chi connectivity index (χ3v) is 5.12. The van der Waals surface area contributed by atoms with Crippen LogP contribution in [0.25, 0.3) is 0 Å². The van der Waals surface area contributed by atoms with Gasteiger partial charge in [-0.2, -0.15) is 0 Å². The maximum atomic E-state index is 13.8. The van der Waals surface area contributed by atoms with Crippen LogP contribution >= 0.6 is 0 Å². The molecule has 0 aliphatic carbocycles. The Morgan fingerprint density at radius 1 is 0.800 bits per heavy atom. The molecule has 1 unspecified atom stereocenters. The average Bonchev–Trinajstić information content (AvgIpc) is 3.12. The van der Waals surface area contributed by atoms with Crippen molar-refractivity contribution in [2.24, 2.45) is 0 Å². The predicted molar refractivity (Wildman–Crippen MR) is 102 cm³/mol. The van der Waals surface area contributed by atoms with Crippen LogP contribution in [0.1, 0.15) is 48.4 Å². The summed E-state index contributed by atoms with van der Waals surface area (Å²) in [6, 6.07) is 10.4. The van der Waals surface area contributed by atoms with E-state index in [0.29, 0.717) is 4.90 Å². The van der Waals surface area contributed by atoms with Gasteiger partial charge in [0.1, 0.15) is 6.04 Å². The number of benzene rings is 2. The molecule has 0 N–H and O–H groups in total. The van der Waals surface area contributed by atoms with E-state index in [1.165, 1.54) is 31.2 Å². The van der Waals surface area contributed by atoms with Gasteiger partial charge in [-0.3, -0.25) is 29.0 Å². The third kappa shape index (κ3) is 3.01. The molecule has 0 aromatic heterocycles. The zero-order valence-corrected chi connectivity index (χ0v) is 15.8. The minimum Gasteiger partial charge on any atom is -0.270 e. The number of halogens is 2. The van der Waals surface area contributed by atoms with Crippen molar-refractivity contribution in [1.82, 2.24) is 9.80 Å². The number of fused-ring (bicyclic) bond motifs is 2. The SMILES string of the molecule is CC(=CC(C(F)F)N1C(=O)c2ccccc2C1=O)CN1C(=O)c2ccccc2C1=O. The van der Waals surface area contributed by atoms with Crippen molar-refractivity contribution in [2.75, 3.05) is 6.54 Å². The number of nitrogens with zero attached hydrogens (tertiary/aromatic N) is 2. The molecule has 8 heteroatoms. The number of carbonyl (C=O) groups is 4. The molecule has 4 amide bonds. The summed E-state index contributed by atoms with van der Waals surface area (Å²) in [7, 11) is 0. The Morgan fingerprint density at radius 2 is 1.20 bits per heavy atom. The molecule has 152 valence electrons. The molecule has 4 rings (SSSR count). The molecule has 1 atom stereocenters. The van der Waals surface area contributed by atoms with Crippen LogP contribution in [0.3, 0.4) is 0 Å². The fourth-order valence-electron chi connectivity index (χ4n) is 3.71. The van der Waals surface area contributed by atoms with E-state index in [4.69, 9.17) is 0 Å². The lowest BCUT2D eigenvalue weighted by molar-refractivity contribution is 0.0343. The van der Waals surface area contributed by atoms with Gasteiger partial charge in [0, 0.05) is 0 Å². The zero-order chi connectivity index (χ0) is 21.6. The second-order valence-electron chi connectivity index (χ2n) is 7.11. The van der Waals surface area contributed by atoms with Gasteiger partial charge in [-0.25, -0.2) is 8.78 Å². The number of rotatable bonds is 5. The Kier molecular flexibility index (Phi) is 4.77. The lowest BCUT2D eigenvalue weighted by Crippen LogP contribution is -2.43. The van der Waals surface area contributed by atoms with E-state index in [2.05, 4.69) is 0 Å². The van der Waals surface area contributed by atoms with Gasteiger partial charge in [0.2, 0.25) is 0 Å². The Bertz CT molecular complexity index is 1060. The normalized spacial score (nSPS) is 17.1. The molecule has 2 aliphatic rings. The minimum absolute atomic E-state index is 0.0690. The topological polar surface area (TPSA) is 74.8 Å². The highest BCUT2D eigenvalue weighted by Crippen LogP contribution is 2.28. The molecule has 2 aromatic carbocycles. The summed E-state index contributed by atoms with van der Waals surface area (Å²) in [6.07, 6.45) is -1.97. The standard InChI is InChI=1S/C22H16F2N2O4/c1-12(11-25-19(27)13-6-2-3-7-14(13)20(25)28)10-17(18(23)24)26-21(29)15-8-4-5-9-16(15)22(26)30/h2-10,17-18H,11H2,1H3. The summed E-state index contributed by atoms with van der Waals surface area (Å²) in [5, 5.41) is 0. The zero-order valence-electron chi connectivity index (χ0n) is 15.8. The van der Waals surface area contributed by atoms with Crippen molar-refractivity contribution in [3.05, 3.63) is 82.4 Å². The van der Waals surface area contributed by atoms with Gasteiger partial charge in [-0.15, -0.1) is 0 Å². The lowest BCUT2D eigenvalue weighted by Gasteiger charge is -2.24. The number of imide groups is 2. The molecule has 2 aromatic rings. The number of carbonyl (C=O) groups excluding carboxylic acids is 4. The first-order valence-electron chi connectivity index (χ1n) is 9.19. The van der Waals surface area contributed by atoms with Crippen LogP contribution in [0, 0.1) is 0 Å². The van der Waals surface area contributed by atoms with Gasteiger partial charge < -0.3 is 0 Å². The summed E-state index contributed by atoms with van der Waals surface area (Å²) in [6.45, 7) is 1.25. The summed E-state index contributed by atoms with van der Waals surface area (Å²) in [5.74, 6) is -2.63. The molecule has 0 saturated heterocycles. The van der Waals surface area contributed by atoms with E-state index in [1.54, 1.807) is 24.3 Å². The molecule has 0 radical (unpaired) electrons. The summed E-state index contributed by atoms with van der Waals surface area (Å²) in [5.41, 5.74) is 0.896. The van der Waals surface area contributed by atoms with E-state index < -0.39 is 36.1 Å². The molecule has 30 heavy (non-hydrogen) atoms. The van der Waals surface area contributed by atoms with Gasteiger partial charge in [-0.05, 0) is 31.2 Å². The van der Waals surface area contributed by atoms with Crippen LogP contribution in [-0.2, 0) is 0 Å². The number of alkyl halides is 2. The third-order valence-electron chi connectivity index (χ3n) is 5.12. The van der Waals surface area contributed by atoms with Gasteiger partial charge in [0.15, 0.2) is 0 Å². The summed E-state index contributed by atoms with van der Waals surface area (Å²) in [4.78, 5) is 51.6. The molecule has 0 bridgehead atoms. The van der Waals surface area contributed by atoms with Crippen molar-refractivity contribution in [3.8, 4) is 0 Å². The average molecular weight is 410 g/mol. The molecular weight excluding hydrogens is 394 g/mol. The molecular formula is C22H16F2N2O4. The second-order valence-corrected chi connectivity index (χ2v) is 7.11. The van der Waals surface area contributed by atoms with Crippen molar-refractivity contribution in [2.45, 2.75) is 19.4 Å². The molecule has 6 nitrogen and oxygen atoms in total. The van der Waals surface area contributed by atoms with Gasteiger partial charge in [-0.1, -0.05) is 35.9 Å². The van der Waals surface area contributed by atoms with Crippen molar-refractivity contribution in [3.63, 3.8) is 0 Å². The second kappa shape index (κ2) is 7.29. The van der Waals surface area contributed by atoms with E-state index >= 15 is 0 Å². The monoisotopic (exact) mass is 410 g/mol. The van der Waals surface area contributed by atoms with E-state index in [0.717, 1.165) is 11.0 Å². The summed E-state index contributed by atoms with van der Waals surface area (Å²) >= 11 is 0. The highest BCUT2D eigenvalue weighted by atomic mass is 19.3. The minimum atomic E-state index is -3.04. The molecule has 0 fully saturated rings. The van der Waals surface area contributed by atoms with Crippen LogP contribution in [0.4, 0.5) is 8.78 Å². The molecule has 0 spiro atoms. The Morgan fingerprint density at radius 3 is 1.60 bits per heavy atom. The van der Waals surface area contributed by atoms with Crippen LogP contribution < -0.4 is 0 Å². The van der Waals surface area contributed by atoms with Gasteiger partial charge >= 0.3 is 0 Å². The maximum Gasteiger partial charge on any atom is 0.262 e. The molecule has 2 aliphatic heterocycles. The van der Waals surface area contributed by atoms with E-state index in [-0.39, 0.29) is 34.4 Å². The lowest BCUT2D eigenvalue weighted by atomic mass is 10.1. The van der Waals surface area contributed by atoms with Crippen LogP contribution in [0.15, 0.2) is 60.2 Å². The van der Waals surface area contributed by atoms with Crippen molar-refractivity contribution >= 4 is 23.6 Å². The Balaban J connectivity index is 1.60. The van der Waals surface area contributed by atoms with Gasteiger partial charge in [0.25, 0.3) is 30.1 Å². The fraction of sp³-hybridized carbons (Fsp3) is 0.182. The molecule has 2 heterocycles. The Labute approximate surface area is 170 Å². The van der Waals surface area contributed by atoms with Crippen LogP contribution in [-0.4, -0.2) is 52.4 Å². The van der Waals surface area contributed by atoms with Crippen molar-refractivity contribution < 1.29 is 28.0 Å². The van der Waals surface area contributed by atoms with Gasteiger partial charge in [0.05, 0.1) is 28.8 Å². The number of amides is 4. The van der Waals surface area contributed by atoms with E-state index in [1.807, 2.05) is 0 Å². The predicted octanol–water partition coefficient (Wildman–Crippen LogP) is 3.16. The number of hydrogen-bond acceptors (Lipinski definition) is 4. The highest BCUT2D eigenvalue weighted by molar-refractivity contribution is 6.22. The van der Waals surface area contributed by atoms with Crippen molar-refractivity contribution in [1.29, 1.82) is 0 Å². The smallest absolute Gasteiger partial charge is 0.262 e. The van der Waals surface area contributed by atoms with E-state index in [9.17, 15) is 28.0 Å². The quantitative estimate of drug-likeness (QED) is 0.561. The highest BCUT2D eigenvalue weighted by Gasteiger charge is 2.42. The van der Waals surface area contributed by atoms with Crippen LogP contribution in [0.5, 0.6) is 0 Å². The maximum absolute atomic E-state index is 13.8. The first kappa shape index (κ1) is 19.6. The first-order valence-corrected chi connectivity index (χ1v) is 9.19. The largest absolute Gasteiger partial charge is 0.270 e. The summed E-state index contributed by atoms with van der Waals surface area (Å²) < 4.78 is 27.7. The fourth-order valence-corrected chi connectivity index (χ4v) is 3.71.